The average Bonchev–Trinajstić information content (AvgIpc) is 2.37. The summed E-state index contributed by atoms with van der Waals surface area (Å²) < 4.78 is 75.5. The molecule has 1 aliphatic rings. The SMILES string of the molecule is FC(F)(F)c1nnc(N2CCCCC2)nc1C(F)(F)F. The Bertz CT molecular complexity index is 478. The fraction of sp³-hybridized carbons (Fsp3) is 0.700. The largest absolute Gasteiger partial charge is 0.437 e. The number of anilines is 1. The Labute approximate surface area is 109 Å². The van der Waals surface area contributed by atoms with Crippen molar-refractivity contribution in [2.45, 2.75) is 31.6 Å². The molecule has 0 aliphatic carbocycles. The lowest BCUT2D eigenvalue weighted by atomic mass is 10.1. The standard InChI is InChI=1S/C10H10F6N4/c11-9(12,13)6-7(10(14,15)16)18-19-8(17-6)20-4-2-1-3-5-20/h1-5H2. The van der Waals surface area contributed by atoms with Gasteiger partial charge in [-0.3, -0.25) is 0 Å². The molecule has 2 heterocycles. The summed E-state index contributed by atoms with van der Waals surface area (Å²) in [7, 11) is 0. The van der Waals surface area contributed by atoms with Gasteiger partial charge in [0.1, 0.15) is 0 Å². The molecule has 10 heteroatoms. The van der Waals surface area contributed by atoms with Gasteiger partial charge in [0.2, 0.25) is 5.95 Å². The average molecular weight is 300 g/mol. The lowest BCUT2D eigenvalue weighted by Crippen LogP contribution is -2.33. The predicted octanol–water partition coefficient (Wildman–Crippen LogP) is 2.90. The highest BCUT2D eigenvalue weighted by Crippen LogP contribution is 2.38. The highest BCUT2D eigenvalue weighted by Gasteiger charge is 2.47. The lowest BCUT2D eigenvalue weighted by Gasteiger charge is -2.26. The molecule has 1 aromatic heterocycles. The summed E-state index contributed by atoms with van der Waals surface area (Å²) in [4.78, 5) is 4.45. The number of halogens is 6. The Morgan fingerprint density at radius 3 is 1.80 bits per heavy atom. The molecule has 0 radical (unpaired) electrons. The second-order valence-electron chi connectivity index (χ2n) is 4.35. The Balaban J connectivity index is 2.43. The van der Waals surface area contributed by atoms with Gasteiger partial charge in [0.25, 0.3) is 0 Å². The van der Waals surface area contributed by atoms with Crippen LogP contribution < -0.4 is 4.90 Å². The van der Waals surface area contributed by atoms with Gasteiger partial charge < -0.3 is 4.90 Å². The molecule has 4 nitrogen and oxygen atoms in total. The van der Waals surface area contributed by atoms with Gasteiger partial charge in [0, 0.05) is 13.1 Å². The first-order valence-electron chi connectivity index (χ1n) is 5.83. The van der Waals surface area contributed by atoms with Crippen LogP contribution in [0.2, 0.25) is 0 Å². The number of piperidine rings is 1. The summed E-state index contributed by atoms with van der Waals surface area (Å²) in [5.41, 5.74) is -4.15. The van der Waals surface area contributed by atoms with Gasteiger partial charge >= 0.3 is 12.4 Å². The summed E-state index contributed by atoms with van der Waals surface area (Å²) in [5, 5.41) is 5.88. The Morgan fingerprint density at radius 2 is 1.30 bits per heavy atom. The molecule has 20 heavy (non-hydrogen) atoms. The Hall–Kier alpha value is -1.61. The molecule has 1 saturated heterocycles. The number of hydrogen-bond acceptors (Lipinski definition) is 4. The van der Waals surface area contributed by atoms with Crippen LogP contribution in [0.1, 0.15) is 30.7 Å². The molecule has 1 fully saturated rings. The molecule has 2 rings (SSSR count). The molecule has 1 aliphatic heterocycles. The van der Waals surface area contributed by atoms with Gasteiger partial charge in [-0.1, -0.05) is 0 Å². The van der Waals surface area contributed by atoms with Crippen molar-refractivity contribution in [1.29, 1.82) is 0 Å². The zero-order valence-electron chi connectivity index (χ0n) is 10.1. The maximum Gasteiger partial charge on any atom is 0.437 e. The van der Waals surface area contributed by atoms with Crippen LogP contribution in [0.15, 0.2) is 0 Å². The second kappa shape index (κ2) is 5.06. The van der Waals surface area contributed by atoms with E-state index < -0.39 is 29.7 Å². The van der Waals surface area contributed by atoms with E-state index in [4.69, 9.17) is 0 Å². The van der Waals surface area contributed by atoms with E-state index in [-0.39, 0.29) is 0 Å². The molecule has 0 aromatic carbocycles. The summed E-state index contributed by atoms with van der Waals surface area (Å²) in [5.74, 6) is -0.412. The molecule has 0 bridgehead atoms. The summed E-state index contributed by atoms with van der Waals surface area (Å²) in [6.07, 6.45) is -8.11. The molecular weight excluding hydrogens is 290 g/mol. The minimum Gasteiger partial charge on any atom is -0.340 e. The normalized spacial score (nSPS) is 17.4. The van der Waals surface area contributed by atoms with Crippen molar-refractivity contribution in [1.82, 2.24) is 15.2 Å². The number of rotatable bonds is 1. The zero-order valence-corrected chi connectivity index (χ0v) is 10.1. The number of alkyl halides is 6. The van der Waals surface area contributed by atoms with E-state index in [0.717, 1.165) is 19.3 Å². The van der Waals surface area contributed by atoms with Crippen LogP contribution in [-0.4, -0.2) is 28.3 Å². The van der Waals surface area contributed by atoms with Gasteiger partial charge in [-0.25, -0.2) is 4.98 Å². The van der Waals surface area contributed by atoms with Crippen molar-refractivity contribution >= 4 is 5.95 Å². The summed E-state index contributed by atoms with van der Waals surface area (Å²) in [6.45, 7) is 0.814. The van der Waals surface area contributed by atoms with Crippen LogP contribution in [0.3, 0.4) is 0 Å². The van der Waals surface area contributed by atoms with Crippen molar-refractivity contribution in [3.63, 3.8) is 0 Å². The van der Waals surface area contributed by atoms with Crippen LogP contribution >= 0.6 is 0 Å². The molecule has 0 N–H and O–H groups in total. The van der Waals surface area contributed by atoms with Gasteiger partial charge in [-0.05, 0) is 19.3 Å². The van der Waals surface area contributed by atoms with Crippen LogP contribution in [0.5, 0.6) is 0 Å². The van der Waals surface area contributed by atoms with Crippen molar-refractivity contribution in [2.75, 3.05) is 18.0 Å². The third kappa shape index (κ3) is 3.10. The maximum atomic E-state index is 12.7. The molecule has 0 unspecified atom stereocenters. The third-order valence-corrected chi connectivity index (χ3v) is 2.85. The first-order chi connectivity index (χ1) is 9.19. The van der Waals surface area contributed by atoms with Crippen molar-refractivity contribution in [3.05, 3.63) is 11.4 Å². The fourth-order valence-electron chi connectivity index (χ4n) is 1.93. The predicted molar refractivity (Wildman–Crippen MR) is 55.9 cm³/mol. The van der Waals surface area contributed by atoms with Crippen LogP contribution in [0.4, 0.5) is 32.3 Å². The summed E-state index contributed by atoms with van der Waals surface area (Å²) in [6, 6.07) is 0. The van der Waals surface area contributed by atoms with Gasteiger partial charge in [-0.2, -0.15) is 26.3 Å². The van der Waals surface area contributed by atoms with Gasteiger partial charge in [-0.15, -0.1) is 10.2 Å². The van der Waals surface area contributed by atoms with E-state index in [1.54, 1.807) is 0 Å². The van der Waals surface area contributed by atoms with Gasteiger partial charge in [0.15, 0.2) is 11.4 Å². The number of aromatic nitrogens is 3. The first kappa shape index (κ1) is 14.8. The van der Waals surface area contributed by atoms with Crippen molar-refractivity contribution < 1.29 is 26.3 Å². The summed E-state index contributed by atoms with van der Waals surface area (Å²) >= 11 is 0. The third-order valence-electron chi connectivity index (χ3n) is 2.85. The van der Waals surface area contributed by atoms with Crippen molar-refractivity contribution in [2.24, 2.45) is 0 Å². The smallest absolute Gasteiger partial charge is 0.340 e. The maximum absolute atomic E-state index is 12.7. The topological polar surface area (TPSA) is 41.9 Å². The Morgan fingerprint density at radius 1 is 0.750 bits per heavy atom. The minimum atomic E-state index is -5.24. The monoisotopic (exact) mass is 300 g/mol. The zero-order chi connectivity index (χ0) is 15.0. The highest BCUT2D eigenvalue weighted by atomic mass is 19.4. The highest BCUT2D eigenvalue weighted by molar-refractivity contribution is 5.32. The fourth-order valence-corrected chi connectivity index (χ4v) is 1.93. The quantitative estimate of drug-likeness (QED) is 0.748. The van der Waals surface area contributed by atoms with E-state index in [2.05, 4.69) is 15.2 Å². The van der Waals surface area contributed by atoms with E-state index in [9.17, 15) is 26.3 Å². The first-order valence-corrected chi connectivity index (χ1v) is 5.83. The van der Waals surface area contributed by atoms with E-state index >= 15 is 0 Å². The molecule has 0 spiro atoms. The number of nitrogens with zero attached hydrogens (tertiary/aromatic N) is 4. The van der Waals surface area contributed by atoms with E-state index in [1.165, 1.54) is 4.90 Å². The minimum absolute atomic E-state index is 0.407. The van der Waals surface area contributed by atoms with Crippen LogP contribution in [0.25, 0.3) is 0 Å². The van der Waals surface area contributed by atoms with Crippen LogP contribution in [-0.2, 0) is 12.4 Å². The molecule has 112 valence electrons. The van der Waals surface area contributed by atoms with E-state index in [1.807, 2.05) is 0 Å². The molecule has 1 aromatic rings. The van der Waals surface area contributed by atoms with Crippen molar-refractivity contribution in [3.8, 4) is 0 Å². The number of hydrogen-bond donors (Lipinski definition) is 0. The second-order valence-corrected chi connectivity index (χ2v) is 4.35. The molecule has 0 atom stereocenters. The van der Waals surface area contributed by atoms with Crippen LogP contribution in [0, 0.1) is 0 Å². The van der Waals surface area contributed by atoms with Gasteiger partial charge in [0.05, 0.1) is 0 Å². The Kier molecular flexibility index (Phi) is 3.74. The lowest BCUT2D eigenvalue weighted by molar-refractivity contribution is -0.168. The molecule has 0 saturated carbocycles. The molecule has 0 amide bonds. The van der Waals surface area contributed by atoms with E-state index in [0.29, 0.717) is 13.1 Å². The molecular formula is C10H10F6N4.